The maximum Gasteiger partial charge on any atom is 0.262 e. The number of aromatic nitrogens is 3. The quantitative estimate of drug-likeness (QED) is 0.0814. The van der Waals surface area contributed by atoms with E-state index in [1.165, 1.54) is 35.7 Å². The van der Waals surface area contributed by atoms with Gasteiger partial charge in [0.25, 0.3) is 11.8 Å². The Morgan fingerprint density at radius 2 is 1.51 bits per heavy atom. The summed E-state index contributed by atoms with van der Waals surface area (Å²) in [5, 5.41) is 4.61. The molecule has 5 aromatic rings. The number of amides is 4. The van der Waals surface area contributed by atoms with E-state index in [9.17, 15) is 19.2 Å². The van der Waals surface area contributed by atoms with Crippen LogP contribution in [0, 0.1) is 5.92 Å². The van der Waals surface area contributed by atoms with Gasteiger partial charge in [0.2, 0.25) is 17.7 Å². The van der Waals surface area contributed by atoms with Crippen LogP contribution in [0.4, 0.5) is 5.69 Å². The number of hydrogen-bond donors (Lipinski definition) is 1. The molecule has 2 fully saturated rings. The summed E-state index contributed by atoms with van der Waals surface area (Å²) in [6.07, 6.45) is 15.8. The lowest BCUT2D eigenvalue weighted by Gasteiger charge is -2.34. The van der Waals surface area contributed by atoms with Crippen molar-refractivity contribution in [2.45, 2.75) is 76.7 Å². The number of fused-ring (bicyclic) bond motifs is 4. The molecule has 3 aromatic heterocycles. The monoisotopic (exact) mass is 770 g/mol. The maximum atomic E-state index is 13.2. The first-order chi connectivity index (χ1) is 27.9. The van der Waals surface area contributed by atoms with Gasteiger partial charge in [-0.3, -0.25) is 34.4 Å². The number of carbonyl (C=O) groups is 4. The Balaban J connectivity index is 0.663. The molecule has 4 amide bonds. The van der Waals surface area contributed by atoms with Crippen molar-refractivity contribution in [1.82, 2.24) is 24.8 Å². The number of pyridine rings is 2. The SMILES string of the molecule is Cn1c2ccncc2c2ccc(-c3ccc(OCCCCCOCCCCCC4CCN(c5ccc6c(c5)C(=O)N(C5CCC(=O)NC5=O)C6=O)CC4)nc3)cc21. The van der Waals surface area contributed by atoms with Crippen molar-refractivity contribution in [1.29, 1.82) is 0 Å². The number of aryl methyl sites for hydroxylation is 1. The fourth-order valence-electron chi connectivity index (χ4n) is 8.58. The number of ether oxygens (including phenoxy) is 2. The third kappa shape index (κ3) is 8.27. The predicted octanol–water partition coefficient (Wildman–Crippen LogP) is 7.23. The molecular formula is C45H50N6O6. The lowest BCUT2D eigenvalue weighted by Crippen LogP contribution is -2.54. The second kappa shape index (κ2) is 17.3. The largest absolute Gasteiger partial charge is 0.478 e. The van der Waals surface area contributed by atoms with E-state index in [4.69, 9.17) is 9.47 Å². The fraction of sp³-hybridized carbons (Fsp3) is 0.422. The highest BCUT2D eigenvalue weighted by Crippen LogP contribution is 2.34. The van der Waals surface area contributed by atoms with Crippen LogP contribution < -0.4 is 15.0 Å². The van der Waals surface area contributed by atoms with Crippen molar-refractivity contribution in [3.05, 3.63) is 84.3 Å². The van der Waals surface area contributed by atoms with E-state index in [1.807, 2.05) is 36.8 Å². The number of nitrogens with zero attached hydrogens (tertiary/aromatic N) is 5. The average Bonchev–Trinajstić information content (AvgIpc) is 3.66. The molecule has 2 aromatic carbocycles. The molecule has 3 aliphatic rings. The molecule has 1 unspecified atom stereocenters. The topological polar surface area (TPSA) is 136 Å². The van der Waals surface area contributed by atoms with Crippen molar-refractivity contribution in [3.8, 4) is 17.0 Å². The van der Waals surface area contributed by atoms with Gasteiger partial charge in [0.1, 0.15) is 6.04 Å². The summed E-state index contributed by atoms with van der Waals surface area (Å²) in [4.78, 5) is 62.4. The van der Waals surface area contributed by atoms with Crippen LogP contribution in [-0.4, -0.2) is 82.0 Å². The van der Waals surface area contributed by atoms with Crippen LogP contribution in [0.25, 0.3) is 32.9 Å². The summed E-state index contributed by atoms with van der Waals surface area (Å²) >= 11 is 0. The van der Waals surface area contributed by atoms with Crippen molar-refractivity contribution >= 4 is 51.1 Å². The summed E-state index contributed by atoms with van der Waals surface area (Å²) in [5.74, 6) is -0.570. The van der Waals surface area contributed by atoms with Crippen molar-refractivity contribution < 1.29 is 28.7 Å². The molecule has 0 saturated carbocycles. The summed E-state index contributed by atoms with van der Waals surface area (Å²) < 4.78 is 14.0. The fourth-order valence-corrected chi connectivity index (χ4v) is 8.58. The molecule has 0 spiro atoms. The standard InChI is InChI=1S/C45H50N6O6/c1-49-38-17-20-46-29-37(38)34-12-9-31(26-40(34)49)32-10-16-42(47-28-32)57-25-7-3-6-24-56-23-5-2-4-8-30-18-21-50(22-19-30)33-11-13-35-36(27-33)45(55)51(44(35)54)39-14-15-41(52)48-43(39)53/h9-13,16-17,20,26-30,39H,2-8,14-15,18-19,21-25H2,1H3,(H,48,52,53). The van der Waals surface area contributed by atoms with E-state index in [0.717, 1.165) is 91.9 Å². The Kier molecular flexibility index (Phi) is 11.6. The van der Waals surface area contributed by atoms with Gasteiger partial charge in [-0.05, 0) is 92.8 Å². The predicted molar refractivity (Wildman–Crippen MR) is 218 cm³/mol. The minimum absolute atomic E-state index is 0.109. The number of carbonyl (C=O) groups excluding carboxylic acids is 4. The molecule has 2 saturated heterocycles. The molecule has 6 heterocycles. The van der Waals surface area contributed by atoms with Crippen LogP contribution in [0.5, 0.6) is 5.88 Å². The Morgan fingerprint density at radius 1 is 0.737 bits per heavy atom. The van der Waals surface area contributed by atoms with E-state index in [2.05, 4.69) is 56.1 Å². The van der Waals surface area contributed by atoms with Gasteiger partial charge in [0.05, 0.1) is 23.3 Å². The normalized spacial score (nSPS) is 17.5. The molecule has 0 aliphatic carbocycles. The first kappa shape index (κ1) is 38.3. The Bertz CT molecular complexity index is 2280. The van der Waals surface area contributed by atoms with E-state index in [0.29, 0.717) is 29.5 Å². The smallest absolute Gasteiger partial charge is 0.262 e. The average molecular weight is 771 g/mol. The molecule has 1 N–H and O–H groups in total. The van der Waals surface area contributed by atoms with Gasteiger partial charge in [-0.25, -0.2) is 4.98 Å². The summed E-state index contributed by atoms with van der Waals surface area (Å²) in [6.45, 7) is 4.03. The first-order valence-corrected chi connectivity index (χ1v) is 20.5. The van der Waals surface area contributed by atoms with Crippen LogP contribution in [0.1, 0.15) is 91.3 Å². The molecule has 57 heavy (non-hydrogen) atoms. The highest BCUT2D eigenvalue weighted by atomic mass is 16.5. The lowest BCUT2D eigenvalue weighted by atomic mass is 9.91. The van der Waals surface area contributed by atoms with E-state index in [1.54, 1.807) is 12.1 Å². The molecule has 0 radical (unpaired) electrons. The second-order valence-electron chi connectivity index (χ2n) is 15.5. The van der Waals surface area contributed by atoms with E-state index >= 15 is 0 Å². The van der Waals surface area contributed by atoms with Crippen LogP contribution in [-0.2, 0) is 21.4 Å². The zero-order valence-electron chi connectivity index (χ0n) is 32.6. The van der Waals surface area contributed by atoms with E-state index in [-0.39, 0.29) is 18.7 Å². The number of benzene rings is 2. The molecule has 296 valence electrons. The van der Waals surface area contributed by atoms with Gasteiger partial charge in [-0.1, -0.05) is 31.4 Å². The number of piperidine rings is 2. The van der Waals surface area contributed by atoms with Gasteiger partial charge < -0.3 is 18.9 Å². The number of hydrogen-bond acceptors (Lipinski definition) is 9. The molecule has 0 bridgehead atoms. The van der Waals surface area contributed by atoms with Gasteiger partial charge >= 0.3 is 0 Å². The van der Waals surface area contributed by atoms with Crippen molar-refractivity contribution in [3.63, 3.8) is 0 Å². The van der Waals surface area contributed by atoms with Crippen LogP contribution in [0.2, 0.25) is 0 Å². The Morgan fingerprint density at radius 3 is 2.30 bits per heavy atom. The highest BCUT2D eigenvalue weighted by Gasteiger charge is 2.44. The summed E-state index contributed by atoms with van der Waals surface area (Å²) in [5.41, 5.74) is 6.10. The Labute approximate surface area is 332 Å². The Hall–Kier alpha value is -5.62. The van der Waals surface area contributed by atoms with Gasteiger partial charge in [-0.2, -0.15) is 0 Å². The molecule has 3 aliphatic heterocycles. The number of nitrogens with one attached hydrogen (secondary N) is 1. The zero-order chi connectivity index (χ0) is 39.3. The molecule has 1 atom stereocenters. The number of unbranched alkanes of at least 4 members (excludes halogenated alkanes) is 4. The van der Waals surface area contributed by atoms with Crippen molar-refractivity contribution in [2.24, 2.45) is 13.0 Å². The maximum absolute atomic E-state index is 13.2. The van der Waals surface area contributed by atoms with Gasteiger partial charge in [0, 0.05) is 92.0 Å². The number of imide groups is 2. The van der Waals surface area contributed by atoms with Gasteiger partial charge in [-0.15, -0.1) is 0 Å². The van der Waals surface area contributed by atoms with Crippen LogP contribution in [0.3, 0.4) is 0 Å². The van der Waals surface area contributed by atoms with Crippen LogP contribution >= 0.6 is 0 Å². The molecule has 12 heteroatoms. The molecule has 12 nitrogen and oxygen atoms in total. The minimum atomic E-state index is -0.949. The zero-order valence-corrected chi connectivity index (χ0v) is 32.6. The minimum Gasteiger partial charge on any atom is -0.478 e. The van der Waals surface area contributed by atoms with Crippen LogP contribution in [0.15, 0.2) is 73.2 Å². The van der Waals surface area contributed by atoms with E-state index < -0.39 is 23.8 Å². The summed E-state index contributed by atoms with van der Waals surface area (Å²) in [6, 6.07) is 17.0. The van der Waals surface area contributed by atoms with Gasteiger partial charge in [0.15, 0.2) is 0 Å². The number of rotatable bonds is 16. The molecule has 8 rings (SSSR count). The molecular weight excluding hydrogens is 721 g/mol. The summed E-state index contributed by atoms with van der Waals surface area (Å²) in [7, 11) is 2.09. The third-order valence-electron chi connectivity index (χ3n) is 11.9. The highest BCUT2D eigenvalue weighted by molar-refractivity contribution is 6.23. The number of anilines is 1. The second-order valence-corrected chi connectivity index (χ2v) is 15.5. The third-order valence-corrected chi connectivity index (χ3v) is 11.9. The first-order valence-electron chi connectivity index (χ1n) is 20.5. The van der Waals surface area contributed by atoms with Crippen molar-refractivity contribution in [2.75, 3.05) is 37.8 Å². The lowest BCUT2D eigenvalue weighted by molar-refractivity contribution is -0.136.